The van der Waals surface area contributed by atoms with Crippen molar-refractivity contribution in [1.82, 2.24) is 33.9 Å². The highest BCUT2D eigenvalue weighted by Crippen LogP contribution is 2.31. The zero-order valence-corrected chi connectivity index (χ0v) is 22.8. The van der Waals surface area contributed by atoms with Crippen LogP contribution in [0.3, 0.4) is 0 Å². The number of fused-ring (bicyclic) bond motifs is 1. The second-order valence-corrected chi connectivity index (χ2v) is 11.1. The van der Waals surface area contributed by atoms with Gasteiger partial charge in [-0.2, -0.15) is 9.40 Å². The third kappa shape index (κ3) is 5.54. The molecule has 13 heteroatoms. The molecule has 1 N–H and O–H groups in total. The smallest absolute Gasteiger partial charge is 0.279 e. The number of piperazine rings is 1. The number of hydrogen-bond acceptors (Lipinski definition) is 9. The van der Waals surface area contributed by atoms with Crippen LogP contribution in [0.25, 0.3) is 22.4 Å². The van der Waals surface area contributed by atoms with Crippen molar-refractivity contribution in [1.29, 1.82) is 0 Å². The average molecular weight is 534 g/mol. The van der Waals surface area contributed by atoms with Gasteiger partial charge in [-0.05, 0) is 26.0 Å². The number of sulfonamides is 1. The molecule has 0 aliphatic carbocycles. The van der Waals surface area contributed by atoms with Crippen molar-refractivity contribution < 1.29 is 17.9 Å². The number of rotatable bonds is 10. The summed E-state index contributed by atoms with van der Waals surface area (Å²) in [5.74, 6) is 0.325. The molecule has 1 fully saturated rings. The molecule has 3 aromatic heterocycles. The zero-order chi connectivity index (χ0) is 26.7. The fourth-order valence-electron chi connectivity index (χ4n) is 4.50. The normalized spacial score (nSPS) is 16.4. The lowest BCUT2D eigenvalue weighted by molar-refractivity contribution is 0.0893. The summed E-state index contributed by atoms with van der Waals surface area (Å²) < 4.78 is 41.3. The Morgan fingerprint density at radius 2 is 1.89 bits per heavy atom. The van der Waals surface area contributed by atoms with Crippen molar-refractivity contribution in [2.75, 3.05) is 46.4 Å². The van der Waals surface area contributed by atoms with Crippen molar-refractivity contribution in [2.24, 2.45) is 7.05 Å². The first-order chi connectivity index (χ1) is 17.7. The predicted molar refractivity (Wildman–Crippen MR) is 139 cm³/mol. The van der Waals surface area contributed by atoms with Gasteiger partial charge in [0.15, 0.2) is 5.52 Å². The monoisotopic (exact) mass is 533 g/mol. The maximum atomic E-state index is 13.5. The number of pyridine rings is 1. The van der Waals surface area contributed by atoms with E-state index in [0.29, 0.717) is 44.7 Å². The molecular formula is C24H35N7O5S. The lowest BCUT2D eigenvalue weighted by atomic mass is 10.2. The van der Waals surface area contributed by atoms with Crippen LogP contribution in [0.1, 0.15) is 32.9 Å². The van der Waals surface area contributed by atoms with Gasteiger partial charge in [-0.1, -0.05) is 20.3 Å². The van der Waals surface area contributed by atoms with E-state index in [2.05, 4.69) is 26.9 Å². The Labute approximate surface area is 216 Å². The van der Waals surface area contributed by atoms with Gasteiger partial charge in [-0.25, -0.2) is 18.4 Å². The largest absolute Gasteiger partial charge is 0.472 e. The van der Waals surface area contributed by atoms with Crippen molar-refractivity contribution in [3.63, 3.8) is 0 Å². The Kier molecular flexibility index (Phi) is 8.26. The fourth-order valence-corrected chi connectivity index (χ4v) is 5.90. The highest BCUT2D eigenvalue weighted by molar-refractivity contribution is 7.89. The van der Waals surface area contributed by atoms with Crippen LogP contribution in [0.4, 0.5) is 0 Å². The van der Waals surface area contributed by atoms with Gasteiger partial charge in [0.1, 0.15) is 22.3 Å². The van der Waals surface area contributed by atoms with Gasteiger partial charge in [-0.3, -0.25) is 9.48 Å². The summed E-state index contributed by atoms with van der Waals surface area (Å²) in [6.45, 7) is 9.20. The summed E-state index contributed by atoms with van der Waals surface area (Å²) in [4.78, 5) is 27.0. The number of methoxy groups -OCH3 is 1. The second kappa shape index (κ2) is 11.3. The fraction of sp³-hybridized carbons (Fsp3) is 0.583. The molecule has 202 valence electrons. The highest BCUT2D eigenvalue weighted by atomic mass is 32.2. The molecule has 0 radical (unpaired) electrons. The summed E-state index contributed by atoms with van der Waals surface area (Å²) in [6, 6.07) is 1.48. The molecule has 3 aromatic rings. The summed E-state index contributed by atoms with van der Waals surface area (Å²) >= 11 is 0. The third-order valence-corrected chi connectivity index (χ3v) is 8.37. The van der Waals surface area contributed by atoms with Crippen LogP contribution in [-0.4, -0.2) is 94.9 Å². The number of aryl methyl sites for hydroxylation is 2. The van der Waals surface area contributed by atoms with Crippen LogP contribution in [0.5, 0.6) is 5.88 Å². The number of nitrogens with one attached hydrogen (secondary N) is 1. The molecule has 4 heterocycles. The van der Waals surface area contributed by atoms with Crippen molar-refractivity contribution in [3.05, 3.63) is 28.3 Å². The quantitative estimate of drug-likeness (QED) is 0.410. The van der Waals surface area contributed by atoms with Gasteiger partial charge in [-0.15, -0.1) is 0 Å². The Morgan fingerprint density at radius 3 is 2.54 bits per heavy atom. The highest BCUT2D eigenvalue weighted by Gasteiger charge is 2.30. The molecule has 4 rings (SSSR count). The Hall–Kier alpha value is -2.87. The molecule has 0 amide bonds. The predicted octanol–water partition coefficient (Wildman–Crippen LogP) is 1.41. The first-order valence-corrected chi connectivity index (χ1v) is 14.0. The van der Waals surface area contributed by atoms with Crippen LogP contribution in [0, 0.1) is 0 Å². The molecule has 1 saturated heterocycles. The molecule has 0 aromatic carbocycles. The van der Waals surface area contributed by atoms with Gasteiger partial charge in [0.25, 0.3) is 5.56 Å². The minimum atomic E-state index is -3.82. The molecule has 12 nitrogen and oxygen atoms in total. The average Bonchev–Trinajstić information content (AvgIpc) is 3.20. The van der Waals surface area contributed by atoms with Crippen LogP contribution in [0.15, 0.2) is 22.0 Å². The number of likely N-dealkylation sites (N-methyl/N-ethyl adjacent to an activating group) is 1. The van der Waals surface area contributed by atoms with Crippen LogP contribution in [-0.2, 0) is 28.2 Å². The number of nitrogens with zero attached hydrogens (tertiary/aromatic N) is 6. The van der Waals surface area contributed by atoms with E-state index in [-0.39, 0.29) is 33.8 Å². The Balaban J connectivity index is 1.83. The lowest BCUT2D eigenvalue weighted by Crippen LogP contribution is -2.48. The molecule has 37 heavy (non-hydrogen) atoms. The third-order valence-electron chi connectivity index (χ3n) is 6.51. The van der Waals surface area contributed by atoms with Gasteiger partial charge < -0.3 is 19.4 Å². The van der Waals surface area contributed by atoms with Crippen LogP contribution in [0.2, 0.25) is 0 Å². The molecule has 1 aliphatic rings. The van der Waals surface area contributed by atoms with Crippen LogP contribution >= 0.6 is 0 Å². The molecule has 0 bridgehead atoms. The standard InChI is InChI=1S/C24H35N7O5S/c1-6-8-19-20-21(28-29(19)4)23(32)27-22(26-20)18-13-17(14-25-24(18)36-16(3)15-35-5)37(33,34)31-11-9-30(7-2)10-12-31/h13-14,16H,6-12,15H2,1-5H3,(H,26,27,32). The van der Waals surface area contributed by atoms with Crippen molar-refractivity contribution in [3.8, 4) is 17.3 Å². The summed E-state index contributed by atoms with van der Waals surface area (Å²) in [5, 5.41) is 4.33. The molecular weight excluding hydrogens is 498 g/mol. The SMILES string of the molecule is CCCc1c2nc(-c3cc(S(=O)(=O)N4CCN(CC)CC4)cnc3OC(C)COC)[nH]c(=O)c2nn1C. The van der Waals surface area contributed by atoms with E-state index in [9.17, 15) is 13.2 Å². The molecule has 0 saturated carbocycles. The number of aromatic amines is 1. The van der Waals surface area contributed by atoms with E-state index in [1.54, 1.807) is 18.8 Å². The van der Waals surface area contributed by atoms with E-state index in [4.69, 9.17) is 14.5 Å². The van der Waals surface area contributed by atoms with Crippen LogP contribution < -0.4 is 10.3 Å². The van der Waals surface area contributed by atoms with Gasteiger partial charge in [0.05, 0.1) is 24.1 Å². The van der Waals surface area contributed by atoms with Crippen molar-refractivity contribution in [2.45, 2.75) is 44.6 Å². The first kappa shape index (κ1) is 27.2. The molecule has 1 aliphatic heterocycles. The number of H-pyrrole nitrogens is 1. The molecule has 0 spiro atoms. The van der Waals surface area contributed by atoms with Gasteiger partial charge in [0.2, 0.25) is 15.9 Å². The van der Waals surface area contributed by atoms with E-state index in [1.165, 1.54) is 16.6 Å². The summed E-state index contributed by atoms with van der Waals surface area (Å²) in [5.41, 5.74) is 1.39. The Morgan fingerprint density at radius 1 is 1.16 bits per heavy atom. The first-order valence-electron chi connectivity index (χ1n) is 12.5. The van der Waals surface area contributed by atoms with E-state index >= 15 is 0 Å². The maximum Gasteiger partial charge on any atom is 0.279 e. The Bertz CT molecular complexity index is 1410. The number of aromatic nitrogens is 5. The van der Waals surface area contributed by atoms with E-state index < -0.39 is 15.6 Å². The summed E-state index contributed by atoms with van der Waals surface area (Å²) in [6.07, 6.45) is 2.46. The lowest BCUT2D eigenvalue weighted by Gasteiger charge is -2.33. The maximum absolute atomic E-state index is 13.5. The van der Waals surface area contributed by atoms with Gasteiger partial charge >= 0.3 is 0 Å². The topological polar surface area (TPSA) is 136 Å². The number of hydrogen-bond donors (Lipinski definition) is 1. The summed E-state index contributed by atoms with van der Waals surface area (Å²) in [7, 11) is -0.477. The number of ether oxygens (including phenoxy) is 2. The minimum Gasteiger partial charge on any atom is -0.472 e. The molecule has 1 atom stereocenters. The van der Waals surface area contributed by atoms with E-state index in [1.807, 2.05) is 13.8 Å². The van der Waals surface area contributed by atoms with E-state index in [0.717, 1.165) is 18.7 Å². The van der Waals surface area contributed by atoms with Gasteiger partial charge in [0, 0.05) is 40.3 Å². The second-order valence-electron chi connectivity index (χ2n) is 9.18. The minimum absolute atomic E-state index is 0.0157. The van der Waals surface area contributed by atoms with Crippen molar-refractivity contribution >= 4 is 21.1 Å². The zero-order valence-electron chi connectivity index (χ0n) is 22.0. The molecule has 1 unspecified atom stereocenters.